The lowest BCUT2D eigenvalue weighted by Crippen LogP contribution is -2.29. The van der Waals surface area contributed by atoms with Crippen LogP contribution < -0.4 is 0 Å². The molecule has 0 atom stereocenters. The van der Waals surface area contributed by atoms with E-state index in [4.69, 9.17) is 0 Å². The average molecular weight is 931 g/mol. The zero-order valence-corrected chi connectivity index (χ0v) is 41.7. The third-order valence-electron chi connectivity index (χ3n) is 17.0. The van der Waals surface area contributed by atoms with Crippen LogP contribution in [0.2, 0.25) is 0 Å². The second-order valence-electron chi connectivity index (χ2n) is 21.5. The molecule has 3 aliphatic rings. The lowest BCUT2D eigenvalue weighted by molar-refractivity contribution is 0.660. The van der Waals surface area contributed by atoms with E-state index in [0.29, 0.717) is 0 Å². The van der Waals surface area contributed by atoms with Gasteiger partial charge in [-0.05, 0) is 152 Å². The molecule has 0 aromatic heterocycles. The fourth-order valence-corrected chi connectivity index (χ4v) is 13.6. The molecule has 0 N–H and O–H groups in total. The van der Waals surface area contributed by atoms with Gasteiger partial charge in [0, 0.05) is 10.8 Å². The summed E-state index contributed by atoms with van der Waals surface area (Å²) in [6, 6.07) is 96.4. The molecule has 0 nitrogen and oxygen atoms in total. The molecule has 0 unspecified atom stereocenters. The monoisotopic (exact) mass is 930 g/mol. The molecule has 0 spiro atoms. The van der Waals surface area contributed by atoms with Gasteiger partial charge in [-0.25, -0.2) is 0 Å². The zero-order chi connectivity index (χ0) is 49.1. The third-order valence-corrected chi connectivity index (χ3v) is 17.0. The molecule has 14 rings (SSSR count). The first-order valence-electron chi connectivity index (χ1n) is 25.9. The van der Waals surface area contributed by atoms with Crippen molar-refractivity contribution >= 4 is 0 Å². The van der Waals surface area contributed by atoms with E-state index in [1.807, 2.05) is 0 Å². The summed E-state index contributed by atoms with van der Waals surface area (Å²) < 4.78 is 0. The number of benzene rings is 11. The molecule has 0 aliphatic heterocycles. The zero-order valence-electron chi connectivity index (χ0n) is 41.7. The van der Waals surface area contributed by atoms with E-state index in [9.17, 15) is 0 Å². The van der Waals surface area contributed by atoms with Crippen molar-refractivity contribution in [1.82, 2.24) is 0 Å². The second-order valence-corrected chi connectivity index (χ2v) is 21.5. The van der Waals surface area contributed by atoms with Gasteiger partial charge in [0.15, 0.2) is 0 Å². The van der Waals surface area contributed by atoms with E-state index in [-0.39, 0.29) is 10.8 Å². The molecule has 0 amide bonds. The van der Waals surface area contributed by atoms with E-state index < -0.39 is 5.41 Å². The van der Waals surface area contributed by atoms with E-state index in [0.717, 1.165) is 0 Å². The maximum atomic E-state index is 2.54. The van der Waals surface area contributed by atoms with Gasteiger partial charge < -0.3 is 0 Å². The van der Waals surface area contributed by atoms with Gasteiger partial charge in [0.1, 0.15) is 0 Å². The molecule has 346 valence electrons. The quantitative estimate of drug-likeness (QED) is 0.149. The predicted octanol–water partition coefficient (Wildman–Crippen LogP) is 19.0. The summed E-state index contributed by atoms with van der Waals surface area (Å²) in [5.41, 5.74) is 29.8. The molecule has 73 heavy (non-hydrogen) atoms. The lowest BCUT2D eigenvalue weighted by atomic mass is 9.66. The largest absolute Gasteiger partial charge is 0.0714 e. The van der Waals surface area contributed by atoms with Gasteiger partial charge in [0.2, 0.25) is 0 Å². The lowest BCUT2D eigenvalue weighted by Gasteiger charge is -2.35. The first-order valence-corrected chi connectivity index (χ1v) is 25.9. The highest BCUT2D eigenvalue weighted by molar-refractivity contribution is 6.01. The van der Waals surface area contributed by atoms with Gasteiger partial charge in [-0.1, -0.05) is 264 Å². The molecule has 0 heterocycles. The predicted molar refractivity (Wildman–Crippen MR) is 306 cm³/mol. The molecule has 0 fully saturated rings. The first kappa shape index (κ1) is 43.2. The van der Waals surface area contributed by atoms with Crippen molar-refractivity contribution in [2.24, 2.45) is 0 Å². The Kier molecular flexibility index (Phi) is 9.61. The average Bonchev–Trinajstić information content (AvgIpc) is 4.02. The Balaban J connectivity index is 1.09. The topological polar surface area (TPSA) is 0 Å². The van der Waals surface area contributed by atoms with Crippen LogP contribution in [0.25, 0.3) is 89.0 Å². The van der Waals surface area contributed by atoms with Gasteiger partial charge in [0.05, 0.1) is 5.41 Å². The molecular weight excluding hydrogens is 877 g/mol. The summed E-state index contributed by atoms with van der Waals surface area (Å²) in [5.74, 6) is 0. The van der Waals surface area contributed by atoms with E-state index in [1.54, 1.807) is 0 Å². The van der Waals surface area contributed by atoms with Crippen LogP contribution in [0.3, 0.4) is 0 Å². The number of hydrogen-bond donors (Lipinski definition) is 0. The Hall–Kier alpha value is -8.58. The SMILES string of the molecule is CC1(C)c2ccccc2-c2c(-c3cccc(C4(c5cccc(-c6cccc7c6-c6ccccc6C7(C)C)c5)c5cc(-c6ccccc6)ccc5-c5c(-c6ccccc6-c6ccccc6)cccc54)c3)cccc21. The molecular formula is C73H54. The van der Waals surface area contributed by atoms with Crippen molar-refractivity contribution in [3.8, 4) is 89.0 Å². The Morgan fingerprint density at radius 3 is 1.15 bits per heavy atom. The van der Waals surface area contributed by atoms with Gasteiger partial charge in [0.25, 0.3) is 0 Å². The van der Waals surface area contributed by atoms with E-state index in [2.05, 4.69) is 282 Å². The van der Waals surface area contributed by atoms with Crippen molar-refractivity contribution in [2.45, 2.75) is 43.9 Å². The van der Waals surface area contributed by atoms with Gasteiger partial charge >= 0.3 is 0 Å². The molecule has 0 bridgehead atoms. The van der Waals surface area contributed by atoms with Crippen LogP contribution in [0.4, 0.5) is 0 Å². The fourth-order valence-electron chi connectivity index (χ4n) is 13.6. The molecule has 0 saturated heterocycles. The highest BCUT2D eigenvalue weighted by Crippen LogP contribution is 2.61. The number of rotatable bonds is 7. The number of fused-ring (bicyclic) bond motifs is 9. The highest BCUT2D eigenvalue weighted by Gasteiger charge is 2.48. The van der Waals surface area contributed by atoms with Crippen molar-refractivity contribution in [3.63, 3.8) is 0 Å². The minimum atomic E-state index is -0.733. The maximum Gasteiger partial charge on any atom is 0.0714 e. The standard InChI is InChI=1S/C73H54/c1-71(2)62-37-15-13-32-59(62)68-55(34-19-39-64(68)71)50-26-17-28-52(44-50)73(53-29-18-27-51(45-53)56-35-20-40-65-69(56)60-33-14-16-38-63(60)72(65,3)4)66-41-21-36-58(57-31-12-11-30-54(57)48-24-9-6-10-25-48)70(66)61-43-42-49(46-67(61)73)47-22-7-5-8-23-47/h5-46H,1-4H3. The summed E-state index contributed by atoms with van der Waals surface area (Å²) in [7, 11) is 0. The van der Waals surface area contributed by atoms with Crippen LogP contribution >= 0.6 is 0 Å². The minimum absolute atomic E-state index is 0.113. The van der Waals surface area contributed by atoms with Gasteiger partial charge in [-0.3, -0.25) is 0 Å². The molecule has 11 aromatic carbocycles. The first-order chi connectivity index (χ1) is 35.7. The van der Waals surface area contributed by atoms with Gasteiger partial charge in [-0.2, -0.15) is 0 Å². The maximum absolute atomic E-state index is 2.54. The minimum Gasteiger partial charge on any atom is -0.0622 e. The molecule has 11 aromatic rings. The van der Waals surface area contributed by atoms with Crippen LogP contribution in [0.15, 0.2) is 255 Å². The van der Waals surface area contributed by atoms with Crippen LogP contribution in [0.5, 0.6) is 0 Å². The summed E-state index contributed by atoms with van der Waals surface area (Å²) >= 11 is 0. The van der Waals surface area contributed by atoms with Crippen molar-refractivity contribution in [1.29, 1.82) is 0 Å². The Morgan fingerprint density at radius 1 is 0.205 bits per heavy atom. The van der Waals surface area contributed by atoms with Crippen molar-refractivity contribution in [2.75, 3.05) is 0 Å². The van der Waals surface area contributed by atoms with Crippen LogP contribution in [0.1, 0.15) is 72.2 Å². The highest BCUT2D eigenvalue weighted by atomic mass is 14.5. The molecule has 0 heteroatoms. The van der Waals surface area contributed by atoms with Crippen molar-refractivity contribution in [3.05, 3.63) is 299 Å². The smallest absolute Gasteiger partial charge is 0.0622 e. The summed E-state index contributed by atoms with van der Waals surface area (Å²) in [5, 5.41) is 0. The second kappa shape index (κ2) is 16.2. The van der Waals surface area contributed by atoms with E-state index >= 15 is 0 Å². The van der Waals surface area contributed by atoms with Crippen molar-refractivity contribution < 1.29 is 0 Å². The molecule has 0 saturated carbocycles. The summed E-state index contributed by atoms with van der Waals surface area (Å²) in [4.78, 5) is 0. The Labute approximate surface area is 430 Å². The molecule has 3 aliphatic carbocycles. The third kappa shape index (κ3) is 6.26. The summed E-state index contributed by atoms with van der Waals surface area (Å²) in [6.45, 7) is 9.52. The van der Waals surface area contributed by atoms with Crippen LogP contribution in [-0.2, 0) is 16.2 Å². The molecule has 0 radical (unpaired) electrons. The Morgan fingerprint density at radius 2 is 0.589 bits per heavy atom. The van der Waals surface area contributed by atoms with Crippen LogP contribution in [0, 0.1) is 0 Å². The van der Waals surface area contributed by atoms with E-state index in [1.165, 1.54) is 134 Å². The normalized spacial score (nSPS) is 14.6. The Bertz CT molecular complexity index is 3860. The summed E-state index contributed by atoms with van der Waals surface area (Å²) in [6.07, 6.45) is 0. The van der Waals surface area contributed by atoms with Gasteiger partial charge in [-0.15, -0.1) is 0 Å². The van der Waals surface area contributed by atoms with Crippen LogP contribution in [-0.4, -0.2) is 0 Å². The fraction of sp³-hybridized carbons (Fsp3) is 0.0959. The number of hydrogen-bond acceptors (Lipinski definition) is 0.